The number of carboxylic acid groups (broad SMARTS) is 1. The first-order valence-corrected chi connectivity index (χ1v) is 6.44. The number of ether oxygens (including phenoxy) is 2. The number of carboxylic acids is 1. The molecule has 1 atom stereocenters. The SMILES string of the molecule is COc1cccc(OCCN2CCC[C@@H]2C(=O)O)c1. The standard InChI is InChI=1S/C14H19NO4/c1-18-11-4-2-5-12(10-11)19-9-8-15-7-3-6-13(15)14(16)17/h2,4-5,10,13H,3,6-9H2,1H3,(H,16,17)/t13-/m1/s1. The molecule has 1 saturated heterocycles. The maximum absolute atomic E-state index is 11.0. The van der Waals surface area contributed by atoms with Gasteiger partial charge < -0.3 is 14.6 Å². The Morgan fingerprint density at radius 3 is 3.00 bits per heavy atom. The van der Waals surface area contributed by atoms with E-state index in [0.29, 0.717) is 13.2 Å². The summed E-state index contributed by atoms with van der Waals surface area (Å²) in [6, 6.07) is 7.05. The molecule has 0 spiro atoms. The van der Waals surface area contributed by atoms with Crippen LogP contribution in [0.4, 0.5) is 0 Å². The fraction of sp³-hybridized carbons (Fsp3) is 0.500. The van der Waals surface area contributed by atoms with Crippen molar-refractivity contribution in [2.24, 2.45) is 0 Å². The highest BCUT2D eigenvalue weighted by Crippen LogP contribution is 2.20. The Morgan fingerprint density at radius 2 is 2.26 bits per heavy atom. The van der Waals surface area contributed by atoms with Gasteiger partial charge in [-0.3, -0.25) is 9.69 Å². The summed E-state index contributed by atoms with van der Waals surface area (Å²) in [7, 11) is 1.61. The fourth-order valence-electron chi connectivity index (χ4n) is 2.35. The smallest absolute Gasteiger partial charge is 0.320 e. The molecule has 2 rings (SSSR count). The van der Waals surface area contributed by atoms with E-state index in [0.717, 1.165) is 30.9 Å². The number of likely N-dealkylation sites (tertiary alicyclic amines) is 1. The number of hydrogen-bond donors (Lipinski definition) is 1. The number of hydrogen-bond acceptors (Lipinski definition) is 4. The molecule has 0 unspecified atom stereocenters. The highest BCUT2D eigenvalue weighted by atomic mass is 16.5. The van der Waals surface area contributed by atoms with Crippen molar-refractivity contribution in [1.82, 2.24) is 4.90 Å². The molecule has 1 aliphatic rings. The molecule has 1 fully saturated rings. The maximum Gasteiger partial charge on any atom is 0.320 e. The lowest BCUT2D eigenvalue weighted by Crippen LogP contribution is -2.38. The van der Waals surface area contributed by atoms with Gasteiger partial charge >= 0.3 is 5.97 Å². The summed E-state index contributed by atoms with van der Waals surface area (Å²) < 4.78 is 10.7. The third kappa shape index (κ3) is 3.61. The predicted octanol–water partition coefficient (Wildman–Crippen LogP) is 1.62. The Bertz CT molecular complexity index is 435. The van der Waals surface area contributed by atoms with Crippen molar-refractivity contribution in [3.8, 4) is 11.5 Å². The van der Waals surface area contributed by atoms with Crippen molar-refractivity contribution in [2.75, 3.05) is 26.8 Å². The van der Waals surface area contributed by atoms with E-state index in [-0.39, 0.29) is 6.04 Å². The molecule has 5 heteroatoms. The topological polar surface area (TPSA) is 59.0 Å². The van der Waals surface area contributed by atoms with Gasteiger partial charge in [-0.25, -0.2) is 0 Å². The molecule has 0 saturated carbocycles. The molecule has 1 N–H and O–H groups in total. The van der Waals surface area contributed by atoms with Crippen molar-refractivity contribution < 1.29 is 19.4 Å². The van der Waals surface area contributed by atoms with Gasteiger partial charge in [-0.2, -0.15) is 0 Å². The summed E-state index contributed by atoms with van der Waals surface area (Å²) in [5.74, 6) is 0.756. The number of carbonyl (C=O) groups is 1. The van der Waals surface area contributed by atoms with E-state index in [1.807, 2.05) is 29.2 Å². The largest absolute Gasteiger partial charge is 0.497 e. The van der Waals surface area contributed by atoms with Gasteiger partial charge in [-0.1, -0.05) is 6.07 Å². The van der Waals surface area contributed by atoms with E-state index < -0.39 is 5.97 Å². The Hall–Kier alpha value is -1.75. The van der Waals surface area contributed by atoms with E-state index in [1.54, 1.807) is 7.11 Å². The lowest BCUT2D eigenvalue weighted by Gasteiger charge is -2.20. The van der Waals surface area contributed by atoms with Crippen LogP contribution in [0.3, 0.4) is 0 Å². The molecule has 0 amide bonds. The second kappa shape index (κ2) is 6.43. The molecular weight excluding hydrogens is 246 g/mol. The Kier molecular flexibility index (Phi) is 4.63. The summed E-state index contributed by atoms with van der Waals surface area (Å²) in [5.41, 5.74) is 0. The van der Waals surface area contributed by atoms with Crippen LogP contribution in [-0.4, -0.2) is 48.8 Å². The van der Waals surface area contributed by atoms with Crippen LogP contribution >= 0.6 is 0 Å². The number of aliphatic carboxylic acids is 1. The first kappa shape index (κ1) is 13.7. The van der Waals surface area contributed by atoms with Gasteiger partial charge in [0.2, 0.25) is 0 Å². The third-order valence-corrected chi connectivity index (χ3v) is 3.34. The van der Waals surface area contributed by atoms with Crippen molar-refractivity contribution in [3.05, 3.63) is 24.3 Å². The molecule has 0 radical (unpaired) electrons. The number of benzene rings is 1. The zero-order chi connectivity index (χ0) is 13.7. The molecule has 0 bridgehead atoms. The van der Waals surface area contributed by atoms with Crippen molar-refractivity contribution >= 4 is 5.97 Å². The molecule has 19 heavy (non-hydrogen) atoms. The predicted molar refractivity (Wildman–Crippen MR) is 70.7 cm³/mol. The molecule has 1 heterocycles. The highest BCUT2D eigenvalue weighted by molar-refractivity contribution is 5.73. The van der Waals surface area contributed by atoms with Crippen LogP contribution < -0.4 is 9.47 Å². The summed E-state index contributed by atoms with van der Waals surface area (Å²) in [6.45, 7) is 1.95. The minimum Gasteiger partial charge on any atom is -0.497 e. The van der Waals surface area contributed by atoms with Crippen LogP contribution in [0.5, 0.6) is 11.5 Å². The van der Waals surface area contributed by atoms with Crippen LogP contribution in [0.1, 0.15) is 12.8 Å². The molecule has 1 aliphatic heterocycles. The van der Waals surface area contributed by atoms with Crippen molar-refractivity contribution in [3.63, 3.8) is 0 Å². The average Bonchev–Trinajstić information content (AvgIpc) is 2.87. The van der Waals surface area contributed by atoms with Gasteiger partial charge in [0.15, 0.2) is 0 Å². The number of nitrogens with zero attached hydrogens (tertiary/aromatic N) is 1. The van der Waals surface area contributed by atoms with Gasteiger partial charge in [-0.15, -0.1) is 0 Å². The summed E-state index contributed by atoms with van der Waals surface area (Å²) in [6.07, 6.45) is 1.67. The maximum atomic E-state index is 11.0. The lowest BCUT2D eigenvalue weighted by atomic mass is 10.2. The molecule has 0 aromatic heterocycles. The van der Waals surface area contributed by atoms with E-state index in [9.17, 15) is 4.79 Å². The van der Waals surface area contributed by atoms with Gasteiger partial charge in [0.25, 0.3) is 0 Å². The Balaban J connectivity index is 1.81. The molecule has 1 aromatic rings. The van der Waals surface area contributed by atoms with Crippen LogP contribution in [0.15, 0.2) is 24.3 Å². The average molecular weight is 265 g/mol. The fourth-order valence-corrected chi connectivity index (χ4v) is 2.35. The van der Waals surface area contributed by atoms with Crippen molar-refractivity contribution in [2.45, 2.75) is 18.9 Å². The molecule has 1 aromatic carbocycles. The quantitative estimate of drug-likeness (QED) is 0.847. The van der Waals surface area contributed by atoms with Gasteiger partial charge in [-0.05, 0) is 31.5 Å². The van der Waals surface area contributed by atoms with Gasteiger partial charge in [0.05, 0.1) is 7.11 Å². The molecule has 104 valence electrons. The second-order valence-corrected chi connectivity index (χ2v) is 4.56. The van der Waals surface area contributed by atoms with Crippen LogP contribution in [0, 0.1) is 0 Å². The van der Waals surface area contributed by atoms with E-state index in [1.165, 1.54) is 0 Å². The van der Waals surface area contributed by atoms with Crippen LogP contribution in [0.2, 0.25) is 0 Å². The third-order valence-electron chi connectivity index (χ3n) is 3.34. The van der Waals surface area contributed by atoms with Crippen LogP contribution in [-0.2, 0) is 4.79 Å². The summed E-state index contributed by atoms with van der Waals surface area (Å²) in [4.78, 5) is 13.0. The minimum absolute atomic E-state index is 0.353. The van der Waals surface area contributed by atoms with Gasteiger partial charge in [0.1, 0.15) is 24.1 Å². The number of methoxy groups -OCH3 is 1. The normalized spacial score (nSPS) is 19.3. The molecule has 0 aliphatic carbocycles. The first-order valence-electron chi connectivity index (χ1n) is 6.44. The minimum atomic E-state index is -0.737. The van der Waals surface area contributed by atoms with E-state index in [2.05, 4.69) is 0 Å². The zero-order valence-electron chi connectivity index (χ0n) is 11.0. The van der Waals surface area contributed by atoms with E-state index >= 15 is 0 Å². The number of rotatable bonds is 6. The second-order valence-electron chi connectivity index (χ2n) is 4.56. The summed E-state index contributed by atoms with van der Waals surface area (Å²) >= 11 is 0. The van der Waals surface area contributed by atoms with E-state index in [4.69, 9.17) is 14.6 Å². The van der Waals surface area contributed by atoms with Crippen molar-refractivity contribution in [1.29, 1.82) is 0 Å². The lowest BCUT2D eigenvalue weighted by molar-refractivity contribution is -0.142. The van der Waals surface area contributed by atoms with Gasteiger partial charge in [0, 0.05) is 12.6 Å². The van der Waals surface area contributed by atoms with Crippen LogP contribution in [0.25, 0.3) is 0 Å². The first-order chi connectivity index (χ1) is 9.20. The highest BCUT2D eigenvalue weighted by Gasteiger charge is 2.29. The zero-order valence-corrected chi connectivity index (χ0v) is 11.0. The Morgan fingerprint density at radius 1 is 1.47 bits per heavy atom. The summed E-state index contributed by atoms with van der Waals surface area (Å²) in [5, 5.41) is 9.07. The molecule has 5 nitrogen and oxygen atoms in total. The monoisotopic (exact) mass is 265 g/mol. The molecular formula is C14H19NO4. The Labute approximate surface area is 112 Å².